The summed E-state index contributed by atoms with van der Waals surface area (Å²) in [4.78, 5) is 14.1. The van der Waals surface area contributed by atoms with E-state index in [1.165, 1.54) is 5.56 Å². The van der Waals surface area contributed by atoms with Crippen LogP contribution in [0.2, 0.25) is 0 Å². The fraction of sp³-hybridized carbons (Fsp3) is 0.214. The minimum absolute atomic E-state index is 0.0966. The molecule has 0 atom stereocenters. The Kier molecular flexibility index (Phi) is 3.94. The van der Waals surface area contributed by atoms with Gasteiger partial charge in [0.2, 0.25) is 0 Å². The number of hydrogen-bond donors (Lipinski definition) is 0. The highest BCUT2D eigenvalue weighted by Crippen LogP contribution is 2.12. The predicted molar refractivity (Wildman–Crippen MR) is 71.2 cm³/mol. The molecule has 0 N–H and O–H groups in total. The molecule has 1 heterocycles. The third-order valence-corrected chi connectivity index (χ3v) is 3.38. The molecule has 2 aromatic rings. The Bertz CT molecular complexity index is 464. The Morgan fingerprint density at radius 2 is 2.00 bits per heavy atom. The van der Waals surface area contributed by atoms with E-state index in [2.05, 4.69) is 11.4 Å². The SMILES string of the molecule is CCN(Cc1ccsc1)C(=O)c1ccccc1. The van der Waals surface area contributed by atoms with Crippen LogP contribution in [0.5, 0.6) is 0 Å². The largest absolute Gasteiger partial charge is 0.335 e. The Morgan fingerprint density at radius 1 is 1.24 bits per heavy atom. The van der Waals surface area contributed by atoms with Gasteiger partial charge in [-0.3, -0.25) is 4.79 Å². The number of hydrogen-bond acceptors (Lipinski definition) is 2. The van der Waals surface area contributed by atoms with Gasteiger partial charge in [-0.25, -0.2) is 0 Å². The maximum Gasteiger partial charge on any atom is 0.254 e. The van der Waals surface area contributed by atoms with Crippen molar-refractivity contribution in [3.05, 3.63) is 58.3 Å². The van der Waals surface area contributed by atoms with Crippen LogP contribution in [0.1, 0.15) is 22.8 Å². The van der Waals surface area contributed by atoms with Crippen molar-refractivity contribution in [1.82, 2.24) is 4.90 Å². The lowest BCUT2D eigenvalue weighted by Crippen LogP contribution is -2.30. The van der Waals surface area contributed by atoms with Crippen molar-refractivity contribution in [2.45, 2.75) is 13.5 Å². The molecular weight excluding hydrogens is 230 g/mol. The van der Waals surface area contributed by atoms with Crippen molar-refractivity contribution in [2.24, 2.45) is 0 Å². The van der Waals surface area contributed by atoms with Crippen LogP contribution >= 0.6 is 11.3 Å². The Labute approximate surface area is 106 Å². The minimum atomic E-state index is 0.0966. The van der Waals surface area contributed by atoms with E-state index in [4.69, 9.17) is 0 Å². The molecule has 0 bridgehead atoms. The zero-order valence-corrected chi connectivity index (χ0v) is 10.6. The van der Waals surface area contributed by atoms with Gasteiger partial charge in [0.05, 0.1) is 0 Å². The fourth-order valence-corrected chi connectivity index (χ4v) is 2.35. The minimum Gasteiger partial charge on any atom is -0.335 e. The molecular formula is C14H15NOS. The number of carbonyl (C=O) groups excluding carboxylic acids is 1. The fourth-order valence-electron chi connectivity index (χ4n) is 1.69. The van der Waals surface area contributed by atoms with E-state index in [1.54, 1.807) is 11.3 Å². The number of rotatable bonds is 4. The van der Waals surface area contributed by atoms with Crippen LogP contribution in [-0.2, 0) is 6.54 Å². The summed E-state index contributed by atoms with van der Waals surface area (Å²) < 4.78 is 0. The van der Waals surface area contributed by atoms with Gasteiger partial charge in [0.15, 0.2) is 0 Å². The zero-order valence-electron chi connectivity index (χ0n) is 9.80. The first-order valence-electron chi connectivity index (χ1n) is 5.66. The molecule has 1 amide bonds. The molecule has 0 aliphatic heterocycles. The highest BCUT2D eigenvalue weighted by molar-refractivity contribution is 7.07. The van der Waals surface area contributed by atoms with Crippen LogP contribution in [0.15, 0.2) is 47.2 Å². The number of amides is 1. The van der Waals surface area contributed by atoms with Crippen LogP contribution in [0.4, 0.5) is 0 Å². The molecule has 0 fully saturated rings. The first-order valence-corrected chi connectivity index (χ1v) is 6.61. The van der Waals surface area contributed by atoms with Gasteiger partial charge < -0.3 is 4.90 Å². The van der Waals surface area contributed by atoms with Gasteiger partial charge in [0.25, 0.3) is 5.91 Å². The summed E-state index contributed by atoms with van der Waals surface area (Å²) in [5, 5.41) is 4.12. The number of thiophene rings is 1. The lowest BCUT2D eigenvalue weighted by atomic mass is 10.2. The molecule has 0 saturated heterocycles. The van der Waals surface area contributed by atoms with E-state index in [9.17, 15) is 4.79 Å². The summed E-state index contributed by atoms with van der Waals surface area (Å²) in [7, 11) is 0. The van der Waals surface area contributed by atoms with Crippen molar-refractivity contribution >= 4 is 17.2 Å². The highest BCUT2D eigenvalue weighted by Gasteiger charge is 2.13. The zero-order chi connectivity index (χ0) is 12.1. The van der Waals surface area contributed by atoms with Crippen molar-refractivity contribution in [3.63, 3.8) is 0 Å². The molecule has 88 valence electrons. The molecule has 0 aliphatic rings. The molecule has 17 heavy (non-hydrogen) atoms. The quantitative estimate of drug-likeness (QED) is 0.808. The van der Waals surface area contributed by atoms with Crippen LogP contribution in [0.3, 0.4) is 0 Å². The van der Waals surface area contributed by atoms with E-state index >= 15 is 0 Å². The molecule has 0 spiro atoms. The first kappa shape index (κ1) is 11.9. The molecule has 0 unspecified atom stereocenters. The second-order valence-corrected chi connectivity index (χ2v) is 4.60. The van der Waals surface area contributed by atoms with Gasteiger partial charge in [0.1, 0.15) is 0 Å². The molecule has 2 nitrogen and oxygen atoms in total. The van der Waals surface area contributed by atoms with Crippen LogP contribution in [0, 0.1) is 0 Å². The summed E-state index contributed by atoms with van der Waals surface area (Å²) >= 11 is 1.66. The molecule has 0 radical (unpaired) electrons. The summed E-state index contributed by atoms with van der Waals surface area (Å²) in [5.41, 5.74) is 1.95. The van der Waals surface area contributed by atoms with Crippen molar-refractivity contribution in [1.29, 1.82) is 0 Å². The Balaban J connectivity index is 2.11. The van der Waals surface area contributed by atoms with Gasteiger partial charge in [-0.05, 0) is 41.4 Å². The van der Waals surface area contributed by atoms with E-state index in [1.807, 2.05) is 47.5 Å². The summed E-state index contributed by atoms with van der Waals surface area (Å²) in [6, 6.07) is 11.5. The van der Waals surface area contributed by atoms with Gasteiger partial charge >= 0.3 is 0 Å². The van der Waals surface area contributed by atoms with Gasteiger partial charge in [-0.1, -0.05) is 18.2 Å². The van der Waals surface area contributed by atoms with Crippen molar-refractivity contribution in [3.8, 4) is 0 Å². The standard InChI is InChI=1S/C14H15NOS/c1-2-15(10-12-8-9-17-11-12)14(16)13-6-4-3-5-7-13/h3-9,11H,2,10H2,1H3. The van der Waals surface area contributed by atoms with E-state index in [-0.39, 0.29) is 5.91 Å². The third-order valence-electron chi connectivity index (χ3n) is 2.64. The Hall–Kier alpha value is -1.61. The second kappa shape index (κ2) is 5.64. The molecule has 1 aromatic carbocycles. The molecule has 2 rings (SSSR count). The third kappa shape index (κ3) is 2.94. The van der Waals surface area contributed by atoms with E-state index < -0.39 is 0 Å². The van der Waals surface area contributed by atoms with Crippen LogP contribution < -0.4 is 0 Å². The maximum atomic E-state index is 12.2. The van der Waals surface area contributed by atoms with Gasteiger partial charge in [-0.15, -0.1) is 0 Å². The topological polar surface area (TPSA) is 20.3 Å². The molecule has 0 aliphatic carbocycles. The summed E-state index contributed by atoms with van der Waals surface area (Å²) in [5.74, 6) is 0.0966. The van der Waals surface area contributed by atoms with Crippen LogP contribution in [0.25, 0.3) is 0 Å². The normalized spacial score (nSPS) is 10.2. The highest BCUT2D eigenvalue weighted by atomic mass is 32.1. The molecule has 3 heteroatoms. The average Bonchev–Trinajstić information content (AvgIpc) is 2.89. The lowest BCUT2D eigenvalue weighted by Gasteiger charge is -2.20. The Morgan fingerprint density at radius 3 is 2.59 bits per heavy atom. The maximum absolute atomic E-state index is 12.2. The van der Waals surface area contributed by atoms with Gasteiger partial charge in [-0.2, -0.15) is 11.3 Å². The molecule has 0 saturated carbocycles. The number of carbonyl (C=O) groups is 1. The van der Waals surface area contributed by atoms with Gasteiger partial charge in [0, 0.05) is 18.7 Å². The summed E-state index contributed by atoms with van der Waals surface area (Å²) in [6.07, 6.45) is 0. The smallest absolute Gasteiger partial charge is 0.254 e. The van der Waals surface area contributed by atoms with Crippen molar-refractivity contribution < 1.29 is 4.79 Å². The number of nitrogens with zero attached hydrogens (tertiary/aromatic N) is 1. The molecule has 1 aromatic heterocycles. The number of benzene rings is 1. The average molecular weight is 245 g/mol. The van der Waals surface area contributed by atoms with E-state index in [0.29, 0.717) is 6.54 Å². The summed E-state index contributed by atoms with van der Waals surface area (Å²) in [6.45, 7) is 3.42. The first-order chi connectivity index (χ1) is 8.31. The van der Waals surface area contributed by atoms with E-state index in [0.717, 1.165) is 12.1 Å². The second-order valence-electron chi connectivity index (χ2n) is 3.82. The van der Waals surface area contributed by atoms with Crippen LogP contribution in [-0.4, -0.2) is 17.4 Å². The lowest BCUT2D eigenvalue weighted by molar-refractivity contribution is 0.0753. The van der Waals surface area contributed by atoms with Crippen molar-refractivity contribution in [2.75, 3.05) is 6.54 Å². The monoisotopic (exact) mass is 245 g/mol. The predicted octanol–water partition coefficient (Wildman–Crippen LogP) is 3.41.